The van der Waals surface area contributed by atoms with Crippen LogP contribution in [-0.2, 0) is 0 Å². The second kappa shape index (κ2) is 4.22. The summed E-state index contributed by atoms with van der Waals surface area (Å²) in [6.45, 7) is 0.800. The zero-order valence-corrected chi connectivity index (χ0v) is 12.6. The minimum Gasteiger partial charge on any atom is -0.333 e. The summed E-state index contributed by atoms with van der Waals surface area (Å²) in [5.74, 6) is -0.0168. The third-order valence-electron chi connectivity index (χ3n) is 5.51. The topological polar surface area (TPSA) is 70.5 Å². The number of hydrogen-bond acceptors (Lipinski definition) is 3. The maximum absolute atomic E-state index is 12.9. The highest BCUT2D eigenvalue weighted by molar-refractivity contribution is 6.01. The van der Waals surface area contributed by atoms with Gasteiger partial charge in [0.1, 0.15) is 11.2 Å². The Bertz CT molecular complexity index is 1010. The number of aromatic amines is 1. The summed E-state index contributed by atoms with van der Waals surface area (Å²) in [5, 5.41) is 4.91. The number of fused-ring (bicyclic) bond motifs is 3. The Hall–Kier alpha value is -2.63. The lowest BCUT2D eigenvalue weighted by molar-refractivity contribution is -0.0486. The lowest BCUT2D eigenvalue weighted by Crippen LogP contribution is -2.65. The lowest BCUT2D eigenvalue weighted by Gasteiger charge is -2.58. The Morgan fingerprint density at radius 2 is 2.04 bits per heavy atom. The Balaban J connectivity index is 1.68. The molecule has 2 aliphatic rings. The first-order chi connectivity index (χ1) is 11.2. The Labute approximate surface area is 131 Å². The van der Waals surface area contributed by atoms with Gasteiger partial charge in [0.25, 0.3) is 11.5 Å². The molecule has 1 amide bonds. The van der Waals surface area contributed by atoms with Gasteiger partial charge in [-0.3, -0.25) is 9.59 Å². The van der Waals surface area contributed by atoms with Gasteiger partial charge in [-0.1, -0.05) is 12.1 Å². The molecule has 2 aromatic heterocycles. The molecule has 0 radical (unpaired) electrons. The molecular weight excluding hydrogens is 292 g/mol. The van der Waals surface area contributed by atoms with Crippen LogP contribution in [0.1, 0.15) is 36.0 Å². The summed E-state index contributed by atoms with van der Waals surface area (Å²) in [5.41, 5.74) is 1.58. The van der Waals surface area contributed by atoms with Crippen molar-refractivity contribution < 1.29 is 4.79 Å². The number of H-pyrrole nitrogens is 1. The van der Waals surface area contributed by atoms with Crippen molar-refractivity contribution >= 4 is 22.5 Å². The number of likely N-dealkylation sites (tertiary alicyclic amines) is 1. The molecule has 0 unspecified atom stereocenters. The highest BCUT2D eigenvalue weighted by atomic mass is 16.2. The van der Waals surface area contributed by atoms with E-state index in [9.17, 15) is 9.59 Å². The number of aromatic nitrogens is 3. The fraction of sp³-hybridized carbons (Fsp3) is 0.353. The van der Waals surface area contributed by atoms with Crippen LogP contribution < -0.4 is 5.56 Å². The lowest BCUT2D eigenvalue weighted by atomic mass is 9.67. The van der Waals surface area contributed by atoms with Crippen LogP contribution in [0.4, 0.5) is 0 Å². The van der Waals surface area contributed by atoms with Gasteiger partial charge in [0.2, 0.25) is 0 Å². The normalized spacial score (nSPS) is 19.0. The third-order valence-corrected chi connectivity index (χ3v) is 5.51. The molecule has 1 saturated heterocycles. The molecule has 0 bridgehead atoms. The van der Waals surface area contributed by atoms with Gasteiger partial charge < -0.3 is 9.88 Å². The van der Waals surface area contributed by atoms with Crippen molar-refractivity contribution in [3.8, 4) is 0 Å². The van der Waals surface area contributed by atoms with Gasteiger partial charge in [-0.2, -0.15) is 5.10 Å². The number of amides is 1. The van der Waals surface area contributed by atoms with Crippen LogP contribution in [0.5, 0.6) is 0 Å². The maximum atomic E-state index is 12.9. The van der Waals surface area contributed by atoms with Gasteiger partial charge in [-0.15, -0.1) is 0 Å². The van der Waals surface area contributed by atoms with E-state index in [2.05, 4.69) is 10.1 Å². The molecule has 2 fully saturated rings. The molecule has 1 aliphatic heterocycles. The van der Waals surface area contributed by atoms with Gasteiger partial charge in [0.05, 0.1) is 17.1 Å². The fourth-order valence-corrected chi connectivity index (χ4v) is 3.94. The SMILES string of the molecule is O=C(c1cnn2c1[nH]c(=O)c1ccccc12)N1CCC12CCC2. The van der Waals surface area contributed by atoms with E-state index in [1.807, 2.05) is 23.1 Å². The summed E-state index contributed by atoms with van der Waals surface area (Å²) < 4.78 is 1.65. The van der Waals surface area contributed by atoms with Crippen LogP contribution in [0.3, 0.4) is 0 Å². The minimum atomic E-state index is -0.190. The number of nitrogens with one attached hydrogen (secondary N) is 1. The molecule has 1 N–H and O–H groups in total. The number of para-hydroxylation sites is 1. The molecule has 6 heteroatoms. The highest BCUT2D eigenvalue weighted by Crippen LogP contribution is 2.47. The molecule has 116 valence electrons. The third kappa shape index (κ3) is 1.55. The van der Waals surface area contributed by atoms with E-state index >= 15 is 0 Å². The summed E-state index contributed by atoms with van der Waals surface area (Å²) >= 11 is 0. The fourth-order valence-electron chi connectivity index (χ4n) is 3.94. The minimum absolute atomic E-state index is 0.0168. The molecule has 1 spiro atoms. The molecule has 0 atom stereocenters. The zero-order chi connectivity index (χ0) is 15.6. The van der Waals surface area contributed by atoms with Crippen molar-refractivity contribution in [3.63, 3.8) is 0 Å². The first kappa shape index (κ1) is 12.9. The van der Waals surface area contributed by atoms with Gasteiger partial charge in [-0.25, -0.2) is 4.52 Å². The van der Waals surface area contributed by atoms with Crippen molar-refractivity contribution in [3.05, 3.63) is 46.4 Å². The molecule has 6 nitrogen and oxygen atoms in total. The molecule has 5 rings (SSSR count). The Morgan fingerprint density at radius 1 is 1.22 bits per heavy atom. The first-order valence-corrected chi connectivity index (χ1v) is 8.00. The maximum Gasteiger partial charge on any atom is 0.259 e. The van der Waals surface area contributed by atoms with Crippen molar-refractivity contribution in [1.29, 1.82) is 0 Å². The smallest absolute Gasteiger partial charge is 0.259 e. The van der Waals surface area contributed by atoms with E-state index < -0.39 is 0 Å². The Morgan fingerprint density at radius 3 is 2.74 bits per heavy atom. The van der Waals surface area contributed by atoms with E-state index in [0.717, 1.165) is 25.8 Å². The van der Waals surface area contributed by atoms with Crippen LogP contribution in [0, 0.1) is 0 Å². The number of carbonyl (C=O) groups is 1. The van der Waals surface area contributed by atoms with E-state index in [1.54, 1.807) is 16.8 Å². The Kier molecular flexibility index (Phi) is 2.36. The van der Waals surface area contributed by atoms with Crippen LogP contribution >= 0.6 is 0 Å². The van der Waals surface area contributed by atoms with Crippen LogP contribution in [-0.4, -0.2) is 37.5 Å². The molecule has 3 aromatic rings. The van der Waals surface area contributed by atoms with Gasteiger partial charge >= 0.3 is 0 Å². The van der Waals surface area contributed by atoms with Gasteiger partial charge in [-0.05, 0) is 37.8 Å². The predicted molar refractivity (Wildman–Crippen MR) is 85.6 cm³/mol. The quantitative estimate of drug-likeness (QED) is 0.747. The molecule has 3 heterocycles. The van der Waals surface area contributed by atoms with E-state index in [0.29, 0.717) is 22.1 Å². The number of benzene rings is 1. The average molecular weight is 308 g/mol. The molecule has 1 saturated carbocycles. The number of carbonyl (C=O) groups excluding carboxylic acids is 1. The van der Waals surface area contributed by atoms with E-state index in [4.69, 9.17) is 0 Å². The number of hydrogen-bond donors (Lipinski definition) is 1. The first-order valence-electron chi connectivity index (χ1n) is 8.00. The molecule has 23 heavy (non-hydrogen) atoms. The second-order valence-electron chi connectivity index (χ2n) is 6.57. The number of rotatable bonds is 1. The van der Waals surface area contributed by atoms with Crippen molar-refractivity contribution in [2.45, 2.75) is 31.2 Å². The number of nitrogens with zero attached hydrogens (tertiary/aromatic N) is 3. The van der Waals surface area contributed by atoms with Crippen LogP contribution in [0.2, 0.25) is 0 Å². The average Bonchev–Trinajstić information content (AvgIpc) is 2.89. The van der Waals surface area contributed by atoms with Crippen molar-refractivity contribution in [1.82, 2.24) is 19.5 Å². The highest BCUT2D eigenvalue weighted by Gasteiger charge is 2.51. The monoisotopic (exact) mass is 308 g/mol. The summed E-state index contributed by atoms with van der Waals surface area (Å²) in [6, 6.07) is 7.29. The van der Waals surface area contributed by atoms with E-state index in [1.165, 1.54) is 6.42 Å². The summed E-state index contributed by atoms with van der Waals surface area (Å²) in [6.07, 6.45) is 6.05. The molecule has 1 aromatic carbocycles. The molecular formula is C17H16N4O2. The van der Waals surface area contributed by atoms with Crippen molar-refractivity contribution in [2.75, 3.05) is 6.54 Å². The largest absolute Gasteiger partial charge is 0.333 e. The predicted octanol–water partition coefficient (Wildman–Crippen LogP) is 1.94. The summed E-state index contributed by atoms with van der Waals surface area (Å²) in [7, 11) is 0. The van der Waals surface area contributed by atoms with Crippen LogP contribution in [0.15, 0.2) is 35.3 Å². The van der Waals surface area contributed by atoms with Crippen LogP contribution in [0.25, 0.3) is 16.6 Å². The van der Waals surface area contributed by atoms with Crippen molar-refractivity contribution in [2.24, 2.45) is 0 Å². The molecule has 1 aliphatic carbocycles. The van der Waals surface area contributed by atoms with E-state index in [-0.39, 0.29) is 17.0 Å². The van der Waals surface area contributed by atoms with Gasteiger partial charge in [0.15, 0.2) is 0 Å². The zero-order valence-electron chi connectivity index (χ0n) is 12.6. The standard InChI is InChI=1S/C17H16N4O2/c22-15-11-4-1-2-5-13(11)21-14(19-15)12(10-18-21)16(23)20-9-8-17(20)6-3-7-17/h1-2,4-5,10H,3,6-9H2,(H,19,22). The second-order valence-corrected chi connectivity index (χ2v) is 6.57. The van der Waals surface area contributed by atoms with Gasteiger partial charge in [0, 0.05) is 12.1 Å². The summed E-state index contributed by atoms with van der Waals surface area (Å²) in [4.78, 5) is 30.0.